The molecule has 0 bridgehead atoms. The van der Waals surface area contributed by atoms with E-state index in [1.165, 1.54) is 0 Å². The number of hydrogen-bond donors (Lipinski definition) is 1. The van der Waals surface area contributed by atoms with Crippen LogP contribution in [0.25, 0.3) is 0 Å². The van der Waals surface area contributed by atoms with Crippen LogP contribution in [0.1, 0.15) is 12.8 Å². The second-order valence-electron chi connectivity index (χ2n) is 2.29. The maximum absolute atomic E-state index is 5.74. The predicted molar refractivity (Wildman–Crippen MR) is 45.4 cm³/mol. The molecule has 0 rings (SSSR count). The highest BCUT2D eigenvalue weighted by Crippen LogP contribution is 2.10. The first-order chi connectivity index (χ1) is 4.68. The molecule has 0 heterocycles. The summed E-state index contributed by atoms with van der Waals surface area (Å²) in [6, 6.07) is 0. The Morgan fingerprint density at radius 3 is 2.00 bits per heavy atom. The normalized spacial score (nSPS) is 10.0. The van der Waals surface area contributed by atoms with Crippen molar-refractivity contribution < 1.29 is 0 Å². The molecule has 0 atom stereocenters. The second kappa shape index (κ2) is 3.92. The van der Waals surface area contributed by atoms with E-state index in [4.69, 9.17) is 12.2 Å². The topological polar surface area (TPSA) is 26.0 Å². The Morgan fingerprint density at radius 1 is 1.40 bits per heavy atom. The largest absolute Gasteiger partial charge is 0.315 e. The van der Waals surface area contributed by atoms with Gasteiger partial charge in [-0.25, -0.2) is 0 Å². The van der Waals surface area contributed by atoms with Gasteiger partial charge in [0.25, 0.3) is 0 Å². The van der Waals surface area contributed by atoms with Crippen LogP contribution in [0.2, 0.25) is 0 Å². The van der Waals surface area contributed by atoms with Gasteiger partial charge in [-0.15, -0.1) is 19.6 Å². The van der Waals surface area contributed by atoms with Crippen LogP contribution in [0.3, 0.4) is 0 Å². The highest BCUT2D eigenvalue weighted by atomic mass is 14.7. The molecule has 0 aromatic rings. The lowest BCUT2D eigenvalue weighted by Crippen LogP contribution is -2.36. The summed E-state index contributed by atoms with van der Waals surface area (Å²) in [5.41, 5.74) is 5.17. The Kier molecular flexibility index (Phi) is 3.53. The molecule has 0 aliphatic carbocycles. The molecule has 0 unspecified atom stereocenters. The minimum Gasteiger partial charge on any atom is -0.315 e. The highest BCUT2D eigenvalue weighted by molar-refractivity contribution is 5.15. The van der Waals surface area contributed by atoms with Crippen LogP contribution in [-0.4, -0.2) is 5.54 Å². The molecule has 0 spiro atoms. The lowest BCUT2D eigenvalue weighted by molar-refractivity contribution is 0.566. The zero-order valence-electron chi connectivity index (χ0n) is 6.14. The van der Waals surface area contributed by atoms with Crippen molar-refractivity contribution in [3.8, 4) is 12.3 Å². The maximum atomic E-state index is 5.74. The standard InChI is InChI=1S/C9H13N/c1-4-7-9(10,6-3)8-5-2/h3-5H,1-2,7-8,10H2. The highest BCUT2D eigenvalue weighted by Gasteiger charge is 2.16. The molecule has 0 aromatic heterocycles. The summed E-state index contributed by atoms with van der Waals surface area (Å²) in [7, 11) is 0. The molecule has 0 aliphatic heterocycles. The van der Waals surface area contributed by atoms with Crippen LogP contribution in [0.15, 0.2) is 25.3 Å². The Labute approximate surface area is 62.6 Å². The molecule has 0 saturated carbocycles. The van der Waals surface area contributed by atoms with Crippen LogP contribution in [0.5, 0.6) is 0 Å². The van der Waals surface area contributed by atoms with E-state index in [9.17, 15) is 0 Å². The van der Waals surface area contributed by atoms with Gasteiger partial charge >= 0.3 is 0 Å². The van der Waals surface area contributed by atoms with Gasteiger partial charge in [-0.2, -0.15) is 0 Å². The second-order valence-corrected chi connectivity index (χ2v) is 2.29. The van der Waals surface area contributed by atoms with Gasteiger partial charge in [-0.05, 0) is 12.8 Å². The van der Waals surface area contributed by atoms with E-state index in [1.807, 2.05) is 0 Å². The molecule has 0 radical (unpaired) electrons. The molecule has 2 N–H and O–H groups in total. The van der Waals surface area contributed by atoms with E-state index in [2.05, 4.69) is 19.1 Å². The van der Waals surface area contributed by atoms with E-state index in [1.54, 1.807) is 12.2 Å². The monoisotopic (exact) mass is 135 g/mol. The van der Waals surface area contributed by atoms with Crippen LogP contribution in [0.4, 0.5) is 0 Å². The van der Waals surface area contributed by atoms with Crippen molar-refractivity contribution in [2.45, 2.75) is 18.4 Å². The zero-order valence-corrected chi connectivity index (χ0v) is 6.14. The van der Waals surface area contributed by atoms with Crippen molar-refractivity contribution in [1.29, 1.82) is 0 Å². The summed E-state index contributed by atoms with van der Waals surface area (Å²) < 4.78 is 0. The fourth-order valence-corrected chi connectivity index (χ4v) is 0.716. The molecule has 0 fully saturated rings. The summed E-state index contributed by atoms with van der Waals surface area (Å²) in [6.45, 7) is 7.13. The number of terminal acetylenes is 1. The maximum Gasteiger partial charge on any atom is 0.0842 e. The van der Waals surface area contributed by atoms with Crippen molar-refractivity contribution in [2.24, 2.45) is 5.73 Å². The van der Waals surface area contributed by atoms with Crippen LogP contribution in [-0.2, 0) is 0 Å². The lowest BCUT2D eigenvalue weighted by atomic mass is 9.94. The minimum absolute atomic E-state index is 0.566. The van der Waals surface area contributed by atoms with E-state index in [0.29, 0.717) is 12.8 Å². The molecule has 0 saturated heterocycles. The summed E-state index contributed by atoms with van der Waals surface area (Å²) in [6.07, 6.45) is 9.93. The van der Waals surface area contributed by atoms with E-state index >= 15 is 0 Å². The number of nitrogens with two attached hydrogens (primary N) is 1. The smallest absolute Gasteiger partial charge is 0.0842 e. The molecule has 54 valence electrons. The van der Waals surface area contributed by atoms with Gasteiger partial charge in [-0.1, -0.05) is 18.1 Å². The number of rotatable bonds is 4. The minimum atomic E-state index is -0.566. The molecule has 1 heteroatoms. The van der Waals surface area contributed by atoms with E-state index in [-0.39, 0.29) is 0 Å². The average molecular weight is 135 g/mol. The van der Waals surface area contributed by atoms with Gasteiger partial charge in [0, 0.05) is 0 Å². The van der Waals surface area contributed by atoms with Crippen LogP contribution < -0.4 is 5.73 Å². The van der Waals surface area contributed by atoms with Crippen LogP contribution >= 0.6 is 0 Å². The van der Waals surface area contributed by atoms with Crippen LogP contribution in [0, 0.1) is 12.3 Å². The van der Waals surface area contributed by atoms with Gasteiger partial charge in [0.05, 0.1) is 5.54 Å². The summed E-state index contributed by atoms with van der Waals surface area (Å²) in [5.74, 6) is 2.52. The van der Waals surface area contributed by atoms with Gasteiger partial charge in [0.1, 0.15) is 0 Å². The SMILES string of the molecule is C#CC(N)(CC=C)CC=C. The predicted octanol–water partition coefficient (Wildman–Crippen LogP) is 1.47. The summed E-state index contributed by atoms with van der Waals surface area (Å²) in [5, 5.41) is 0. The first kappa shape index (κ1) is 9.00. The van der Waals surface area contributed by atoms with Crippen molar-refractivity contribution in [2.75, 3.05) is 0 Å². The molecule has 0 amide bonds. The Bertz CT molecular complexity index is 152. The first-order valence-electron chi connectivity index (χ1n) is 3.17. The third-order valence-corrected chi connectivity index (χ3v) is 1.30. The first-order valence-corrected chi connectivity index (χ1v) is 3.17. The van der Waals surface area contributed by atoms with Crippen molar-refractivity contribution >= 4 is 0 Å². The van der Waals surface area contributed by atoms with E-state index < -0.39 is 5.54 Å². The fourth-order valence-electron chi connectivity index (χ4n) is 0.716. The zero-order chi connectivity index (χ0) is 8.04. The Balaban J connectivity index is 4.09. The third-order valence-electron chi connectivity index (χ3n) is 1.30. The molecule has 10 heavy (non-hydrogen) atoms. The summed E-state index contributed by atoms with van der Waals surface area (Å²) >= 11 is 0. The molecule has 1 nitrogen and oxygen atoms in total. The van der Waals surface area contributed by atoms with Gasteiger partial charge in [0.2, 0.25) is 0 Å². The van der Waals surface area contributed by atoms with Crippen molar-refractivity contribution in [1.82, 2.24) is 0 Å². The molecular formula is C9H13N. The van der Waals surface area contributed by atoms with Crippen molar-refractivity contribution in [3.63, 3.8) is 0 Å². The van der Waals surface area contributed by atoms with Gasteiger partial charge in [0.15, 0.2) is 0 Å². The fraction of sp³-hybridized carbons (Fsp3) is 0.333. The Morgan fingerprint density at radius 2 is 1.80 bits per heavy atom. The van der Waals surface area contributed by atoms with Gasteiger partial charge < -0.3 is 5.73 Å². The summed E-state index contributed by atoms with van der Waals surface area (Å²) in [4.78, 5) is 0. The molecule has 0 aromatic carbocycles. The van der Waals surface area contributed by atoms with E-state index in [0.717, 1.165) is 0 Å². The van der Waals surface area contributed by atoms with Gasteiger partial charge in [-0.3, -0.25) is 0 Å². The quantitative estimate of drug-likeness (QED) is 0.458. The molecule has 0 aliphatic rings. The number of hydrogen-bond acceptors (Lipinski definition) is 1. The third kappa shape index (κ3) is 2.52. The van der Waals surface area contributed by atoms with Crippen molar-refractivity contribution in [3.05, 3.63) is 25.3 Å². The molecular weight excluding hydrogens is 122 g/mol. The lowest BCUT2D eigenvalue weighted by Gasteiger charge is -2.18. The average Bonchev–Trinajstić information content (AvgIpc) is 1.89. The Hall–Kier alpha value is -1.00.